The van der Waals surface area contributed by atoms with Crippen molar-refractivity contribution >= 4 is 52.3 Å². The molecule has 0 aromatic heterocycles. The summed E-state index contributed by atoms with van der Waals surface area (Å²) in [6.45, 7) is 5.91. The summed E-state index contributed by atoms with van der Waals surface area (Å²) in [6.07, 6.45) is 0. The summed E-state index contributed by atoms with van der Waals surface area (Å²) in [4.78, 5) is 13.1. The van der Waals surface area contributed by atoms with E-state index in [1.165, 1.54) is 0 Å². The molecule has 7 heteroatoms. The maximum Gasteiger partial charge on any atom is 0.263 e. The lowest BCUT2D eigenvalue weighted by molar-refractivity contribution is -0.134. The van der Waals surface area contributed by atoms with Crippen molar-refractivity contribution in [2.75, 3.05) is 6.54 Å². The molecule has 1 N–H and O–H groups in total. The zero-order valence-electron chi connectivity index (χ0n) is 18.5. The van der Waals surface area contributed by atoms with E-state index in [-0.39, 0.29) is 17.7 Å². The van der Waals surface area contributed by atoms with Gasteiger partial charge in [-0.1, -0.05) is 71.5 Å². The van der Waals surface area contributed by atoms with Crippen LogP contribution in [0.4, 0.5) is 0 Å². The fourth-order valence-corrected chi connectivity index (χ4v) is 4.42. The number of halogens is 4. The summed E-state index contributed by atoms with van der Waals surface area (Å²) in [6, 6.07) is 20.0. The van der Waals surface area contributed by atoms with Gasteiger partial charge in [0.1, 0.15) is 5.75 Å². The predicted molar refractivity (Wildman–Crippen MR) is 138 cm³/mol. The molecule has 2 unspecified atom stereocenters. The molecule has 174 valence electrons. The van der Waals surface area contributed by atoms with Gasteiger partial charge in [0.2, 0.25) is 0 Å². The lowest BCUT2D eigenvalue weighted by Gasteiger charge is -2.29. The van der Waals surface area contributed by atoms with Gasteiger partial charge in [-0.2, -0.15) is 0 Å². The third-order valence-electron chi connectivity index (χ3n) is 5.58. The van der Waals surface area contributed by atoms with Crippen LogP contribution in [0.1, 0.15) is 43.7 Å². The summed E-state index contributed by atoms with van der Waals surface area (Å²) in [5.41, 5.74) is 0.896. The van der Waals surface area contributed by atoms with Crippen LogP contribution in [0.2, 0.25) is 20.1 Å². The third-order valence-corrected chi connectivity index (χ3v) is 6.64. The number of ether oxygens (including phenoxy) is 1. The van der Waals surface area contributed by atoms with E-state index < -0.39 is 5.60 Å². The monoisotopic (exact) mass is 523 g/mol. The van der Waals surface area contributed by atoms with Crippen molar-refractivity contribution in [2.45, 2.75) is 38.2 Å². The highest BCUT2D eigenvalue weighted by molar-refractivity contribution is 6.35. The van der Waals surface area contributed by atoms with Gasteiger partial charge in [0, 0.05) is 32.6 Å². The van der Waals surface area contributed by atoms with Crippen LogP contribution in [0.5, 0.6) is 5.75 Å². The van der Waals surface area contributed by atoms with E-state index in [1.54, 1.807) is 50.2 Å². The molecular weight excluding hydrogens is 500 g/mol. The van der Waals surface area contributed by atoms with Crippen LogP contribution in [0.3, 0.4) is 0 Å². The number of benzene rings is 3. The SMILES string of the molecule is CC(c1ccc(Cl)cc1)C(CNC(=O)C(C)(C)Oc1ccc(Cl)cc1)c1ccc(Cl)cc1Cl. The van der Waals surface area contributed by atoms with Crippen LogP contribution in [0, 0.1) is 0 Å². The lowest BCUT2D eigenvalue weighted by atomic mass is 9.82. The standard InChI is InChI=1S/C26H25Cl4NO2/c1-16(17-4-6-18(27)7-5-17)23(22-13-10-20(29)14-24(22)30)15-31-25(32)26(2,3)33-21-11-8-19(28)9-12-21/h4-14,16,23H,15H2,1-3H3,(H,31,32). The number of hydrogen-bond acceptors (Lipinski definition) is 2. The summed E-state index contributed by atoms with van der Waals surface area (Å²) in [7, 11) is 0. The summed E-state index contributed by atoms with van der Waals surface area (Å²) in [5, 5.41) is 5.43. The van der Waals surface area contributed by atoms with E-state index in [1.807, 2.05) is 30.3 Å². The van der Waals surface area contributed by atoms with Crippen molar-refractivity contribution in [3.8, 4) is 5.75 Å². The second-order valence-electron chi connectivity index (χ2n) is 8.39. The van der Waals surface area contributed by atoms with Gasteiger partial charge in [0.05, 0.1) is 0 Å². The zero-order chi connectivity index (χ0) is 24.2. The molecule has 0 spiro atoms. The van der Waals surface area contributed by atoms with Crippen molar-refractivity contribution in [3.63, 3.8) is 0 Å². The van der Waals surface area contributed by atoms with Crippen LogP contribution in [0.25, 0.3) is 0 Å². The van der Waals surface area contributed by atoms with E-state index in [0.717, 1.165) is 11.1 Å². The van der Waals surface area contributed by atoms with Crippen LogP contribution in [0.15, 0.2) is 66.7 Å². The Bertz CT molecular complexity index is 1100. The maximum absolute atomic E-state index is 13.1. The lowest BCUT2D eigenvalue weighted by Crippen LogP contribution is -2.47. The quantitative estimate of drug-likeness (QED) is 0.322. The van der Waals surface area contributed by atoms with Crippen molar-refractivity contribution < 1.29 is 9.53 Å². The number of hydrogen-bond donors (Lipinski definition) is 1. The molecule has 0 fully saturated rings. The molecule has 0 saturated carbocycles. The highest BCUT2D eigenvalue weighted by atomic mass is 35.5. The second-order valence-corrected chi connectivity index (χ2v) is 10.1. The number of rotatable bonds is 8. The minimum Gasteiger partial charge on any atom is -0.478 e. The average Bonchev–Trinajstić information content (AvgIpc) is 2.76. The third kappa shape index (κ3) is 6.80. The first-order chi connectivity index (χ1) is 15.6. The Morgan fingerprint density at radius 1 is 0.879 bits per heavy atom. The molecule has 0 heterocycles. The molecule has 33 heavy (non-hydrogen) atoms. The average molecular weight is 525 g/mol. The molecule has 3 rings (SSSR count). The van der Waals surface area contributed by atoms with Crippen molar-refractivity contribution in [2.24, 2.45) is 0 Å². The van der Waals surface area contributed by atoms with Crippen LogP contribution < -0.4 is 10.1 Å². The molecular formula is C26H25Cl4NO2. The Morgan fingerprint density at radius 2 is 1.42 bits per heavy atom. The van der Waals surface area contributed by atoms with E-state index in [2.05, 4.69) is 12.2 Å². The summed E-state index contributed by atoms with van der Waals surface area (Å²) in [5.74, 6) is 0.259. The van der Waals surface area contributed by atoms with Crippen LogP contribution in [-0.2, 0) is 4.79 Å². The normalized spacial score (nSPS) is 13.3. The van der Waals surface area contributed by atoms with Crippen molar-refractivity contribution in [1.82, 2.24) is 5.32 Å². The van der Waals surface area contributed by atoms with Gasteiger partial charge in [-0.25, -0.2) is 0 Å². The van der Waals surface area contributed by atoms with Crippen LogP contribution in [-0.4, -0.2) is 18.1 Å². The molecule has 0 bridgehead atoms. The van der Waals surface area contributed by atoms with Gasteiger partial charge >= 0.3 is 0 Å². The van der Waals surface area contributed by atoms with E-state index >= 15 is 0 Å². The molecule has 0 aliphatic carbocycles. The van der Waals surface area contributed by atoms with Gasteiger partial charge in [0.15, 0.2) is 5.60 Å². The largest absolute Gasteiger partial charge is 0.478 e. The van der Waals surface area contributed by atoms with E-state index in [0.29, 0.717) is 32.4 Å². The highest BCUT2D eigenvalue weighted by Crippen LogP contribution is 2.37. The summed E-state index contributed by atoms with van der Waals surface area (Å²) >= 11 is 24.7. The molecule has 3 aromatic carbocycles. The number of nitrogens with one attached hydrogen (secondary N) is 1. The van der Waals surface area contributed by atoms with Gasteiger partial charge < -0.3 is 10.1 Å². The topological polar surface area (TPSA) is 38.3 Å². The van der Waals surface area contributed by atoms with Crippen molar-refractivity contribution in [1.29, 1.82) is 0 Å². The first-order valence-electron chi connectivity index (χ1n) is 10.5. The minimum atomic E-state index is -1.09. The van der Waals surface area contributed by atoms with E-state index in [9.17, 15) is 4.79 Å². The highest BCUT2D eigenvalue weighted by Gasteiger charge is 2.32. The Morgan fingerprint density at radius 3 is 2.00 bits per heavy atom. The van der Waals surface area contributed by atoms with E-state index in [4.69, 9.17) is 51.1 Å². The van der Waals surface area contributed by atoms with Gasteiger partial charge in [-0.15, -0.1) is 0 Å². The number of amides is 1. The predicted octanol–water partition coefficient (Wildman–Crippen LogP) is 8.16. The molecule has 3 aromatic rings. The van der Waals surface area contributed by atoms with Gasteiger partial charge in [-0.3, -0.25) is 4.79 Å². The zero-order valence-corrected chi connectivity index (χ0v) is 21.6. The summed E-state index contributed by atoms with van der Waals surface area (Å²) < 4.78 is 5.93. The number of carbonyl (C=O) groups is 1. The molecule has 1 amide bonds. The Hall–Kier alpha value is -1.91. The Balaban J connectivity index is 1.81. The van der Waals surface area contributed by atoms with Crippen LogP contribution >= 0.6 is 46.4 Å². The second kappa shape index (κ2) is 11.0. The molecule has 0 aliphatic heterocycles. The molecule has 0 radical (unpaired) electrons. The molecule has 0 aliphatic rings. The maximum atomic E-state index is 13.1. The molecule has 0 saturated heterocycles. The van der Waals surface area contributed by atoms with Gasteiger partial charge in [0.25, 0.3) is 5.91 Å². The fourth-order valence-electron chi connectivity index (χ4n) is 3.62. The fraction of sp³-hybridized carbons (Fsp3) is 0.269. The van der Waals surface area contributed by atoms with Gasteiger partial charge in [-0.05, 0) is 79.4 Å². The Kier molecular flexibility index (Phi) is 8.58. The Labute approximate surface area is 215 Å². The molecule has 3 nitrogen and oxygen atoms in total. The first-order valence-corrected chi connectivity index (χ1v) is 12.0. The smallest absolute Gasteiger partial charge is 0.263 e. The van der Waals surface area contributed by atoms with Crippen molar-refractivity contribution in [3.05, 3.63) is 97.9 Å². The minimum absolute atomic E-state index is 0.0431. The first kappa shape index (κ1) is 25.7. The molecule has 2 atom stereocenters. The number of carbonyl (C=O) groups excluding carboxylic acids is 1.